The van der Waals surface area contributed by atoms with Gasteiger partial charge in [-0.15, -0.1) is 0 Å². The van der Waals surface area contributed by atoms with Crippen LogP contribution in [0.15, 0.2) is 48.5 Å². The van der Waals surface area contributed by atoms with Crippen molar-refractivity contribution < 1.29 is 9.90 Å². The van der Waals surface area contributed by atoms with Crippen LogP contribution >= 0.6 is 0 Å². The molecule has 0 saturated heterocycles. The van der Waals surface area contributed by atoms with Gasteiger partial charge in [-0.05, 0) is 35.7 Å². The lowest BCUT2D eigenvalue weighted by molar-refractivity contribution is 0.0697. The van der Waals surface area contributed by atoms with E-state index in [0.717, 1.165) is 16.7 Å². The van der Waals surface area contributed by atoms with Gasteiger partial charge in [0.1, 0.15) is 0 Å². The SMILES string of the molecule is Cc1ccc(C(=O)O)cc1C(C#N)c1ccccc1. The maximum Gasteiger partial charge on any atom is 0.335 e. The van der Waals surface area contributed by atoms with Crippen LogP contribution in [0.5, 0.6) is 0 Å². The van der Waals surface area contributed by atoms with Gasteiger partial charge in [0.2, 0.25) is 0 Å². The molecule has 0 bridgehead atoms. The Morgan fingerprint density at radius 2 is 1.89 bits per heavy atom. The van der Waals surface area contributed by atoms with E-state index >= 15 is 0 Å². The number of rotatable bonds is 3. The number of carboxylic acids is 1. The smallest absolute Gasteiger partial charge is 0.335 e. The third-order valence-corrected chi connectivity index (χ3v) is 3.10. The van der Waals surface area contributed by atoms with Crippen molar-refractivity contribution in [1.29, 1.82) is 5.26 Å². The molecule has 2 rings (SSSR count). The number of carboxylic acid groups (broad SMARTS) is 1. The minimum absolute atomic E-state index is 0.205. The number of nitriles is 1. The average Bonchev–Trinajstić information content (AvgIpc) is 2.42. The molecular weight excluding hydrogens is 238 g/mol. The van der Waals surface area contributed by atoms with E-state index in [4.69, 9.17) is 5.11 Å². The maximum absolute atomic E-state index is 11.0. The standard InChI is InChI=1S/C16H13NO2/c1-11-7-8-13(16(18)19)9-14(11)15(10-17)12-5-3-2-4-6-12/h2-9,15H,1H3,(H,18,19). The first kappa shape index (κ1) is 12.8. The molecule has 3 heteroatoms. The molecule has 0 spiro atoms. The molecule has 3 nitrogen and oxygen atoms in total. The van der Waals surface area contributed by atoms with E-state index in [0.29, 0.717) is 0 Å². The quantitative estimate of drug-likeness (QED) is 0.909. The number of carbonyl (C=O) groups is 1. The molecule has 1 atom stereocenters. The molecule has 0 amide bonds. The predicted octanol–water partition coefficient (Wildman–Crippen LogP) is 3.35. The molecule has 2 aromatic rings. The summed E-state index contributed by atoms with van der Waals surface area (Å²) in [7, 11) is 0. The van der Waals surface area contributed by atoms with Crippen LogP contribution in [0.4, 0.5) is 0 Å². The van der Waals surface area contributed by atoms with Crippen LogP contribution in [0.3, 0.4) is 0 Å². The molecule has 0 heterocycles. The van der Waals surface area contributed by atoms with Crippen molar-refractivity contribution in [2.45, 2.75) is 12.8 Å². The first-order chi connectivity index (χ1) is 9.13. The van der Waals surface area contributed by atoms with E-state index in [-0.39, 0.29) is 5.56 Å². The minimum Gasteiger partial charge on any atom is -0.478 e. The molecule has 0 saturated carbocycles. The lowest BCUT2D eigenvalue weighted by atomic mass is 9.88. The van der Waals surface area contributed by atoms with Crippen molar-refractivity contribution in [2.24, 2.45) is 0 Å². The summed E-state index contributed by atoms with van der Waals surface area (Å²) in [5, 5.41) is 18.4. The number of benzene rings is 2. The van der Waals surface area contributed by atoms with Crippen molar-refractivity contribution in [3.8, 4) is 6.07 Å². The normalized spacial score (nSPS) is 11.6. The van der Waals surface area contributed by atoms with Crippen molar-refractivity contribution in [1.82, 2.24) is 0 Å². The Morgan fingerprint density at radius 3 is 2.47 bits per heavy atom. The average molecular weight is 251 g/mol. The molecule has 19 heavy (non-hydrogen) atoms. The number of aryl methyl sites for hydroxylation is 1. The van der Waals surface area contributed by atoms with Crippen LogP contribution in [0.2, 0.25) is 0 Å². The topological polar surface area (TPSA) is 61.1 Å². The fraction of sp³-hybridized carbons (Fsp3) is 0.125. The highest BCUT2D eigenvalue weighted by Crippen LogP contribution is 2.27. The number of hydrogen-bond donors (Lipinski definition) is 1. The summed E-state index contributed by atoms with van der Waals surface area (Å²) in [5.74, 6) is -1.42. The third kappa shape index (κ3) is 2.63. The maximum atomic E-state index is 11.0. The first-order valence-electron chi connectivity index (χ1n) is 5.92. The third-order valence-electron chi connectivity index (χ3n) is 3.10. The molecule has 0 fully saturated rings. The second kappa shape index (κ2) is 5.36. The summed E-state index contributed by atoms with van der Waals surface area (Å²) >= 11 is 0. The summed E-state index contributed by atoms with van der Waals surface area (Å²) in [6.45, 7) is 1.88. The van der Waals surface area contributed by atoms with Gasteiger partial charge in [-0.1, -0.05) is 36.4 Å². The zero-order valence-corrected chi connectivity index (χ0v) is 10.5. The fourth-order valence-electron chi connectivity index (χ4n) is 2.05. The molecule has 1 N–H and O–H groups in total. The highest BCUT2D eigenvalue weighted by molar-refractivity contribution is 5.88. The Morgan fingerprint density at radius 1 is 1.21 bits per heavy atom. The Balaban J connectivity index is 2.53. The van der Waals surface area contributed by atoms with Crippen molar-refractivity contribution >= 4 is 5.97 Å². The van der Waals surface area contributed by atoms with Crippen LogP contribution in [-0.4, -0.2) is 11.1 Å². The van der Waals surface area contributed by atoms with Gasteiger partial charge in [0.25, 0.3) is 0 Å². The fourth-order valence-corrected chi connectivity index (χ4v) is 2.05. The molecule has 0 radical (unpaired) electrons. The van der Waals surface area contributed by atoms with Crippen LogP contribution in [0, 0.1) is 18.3 Å². The van der Waals surface area contributed by atoms with E-state index in [1.165, 1.54) is 0 Å². The molecular formula is C16H13NO2. The first-order valence-corrected chi connectivity index (χ1v) is 5.92. The van der Waals surface area contributed by atoms with Gasteiger partial charge in [-0.2, -0.15) is 5.26 Å². The second-order valence-electron chi connectivity index (χ2n) is 4.35. The summed E-state index contributed by atoms with van der Waals surface area (Å²) in [6.07, 6.45) is 0. The summed E-state index contributed by atoms with van der Waals surface area (Å²) < 4.78 is 0. The Bertz CT molecular complexity index is 642. The summed E-state index contributed by atoms with van der Waals surface area (Å²) in [4.78, 5) is 11.0. The summed E-state index contributed by atoms with van der Waals surface area (Å²) in [5.41, 5.74) is 2.74. The van der Waals surface area contributed by atoms with Crippen molar-refractivity contribution in [3.05, 3.63) is 70.8 Å². The zero-order valence-electron chi connectivity index (χ0n) is 10.5. The summed E-state index contributed by atoms with van der Waals surface area (Å²) in [6, 6.07) is 16.5. The molecule has 0 aliphatic heterocycles. The van der Waals surface area contributed by atoms with Crippen LogP contribution in [0.1, 0.15) is 33.0 Å². The van der Waals surface area contributed by atoms with E-state index in [1.807, 2.05) is 37.3 Å². The lowest BCUT2D eigenvalue weighted by Crippen LogP contribution is -2.04. The predicted molar refractivity (Wildman–Crippen MR) is 72.0 cm³/mol. The Labute approximate surface area is 111 Å². The monoisotopic (exact) mass is 251 g/mol. The van der Waals surface area contributed by atoms with Gasteiger partial charge in [-0.25, -0.2) is 4.79 Å². The lowest BCUT2D eigenvalue weighted by Gasteiger charge is -2.13. The van der Waals surface area contributed by atoms with E-state index in [1.54, 1.807) is 18.2 Å². The highest BCUT2D eigenvalue weighted by Gasteiger charge is 2.17. The zero-order chi connectivity index (χ0) is 13.8. The number of aromatic carboxylic acids is 1. The number of hydrogen-bond acceptors (Lipinski definition) is 2. The Hall–Kier alpha value is -2.60. The van der Waals surface area contributed by atoms with Crippen LogP contribution in [-0.2, 0) is 0 Å². The van der Waals surface area contributed by atoms with Gasteiger partial charge in [-0.3, -0.25) is 0 Å². The van der Waals surface area contributed by atoms with Crippen molar-refractivity contribution in [3.63, 3.8) is 0 Å². The molecule has 94 valence electrons. The van der Waals surface area contributed by atoms with E-state index in [2.05, 4.69) is 6.07 Å². The van der Waals surface area contributed by atoms with Gasteiger partial charge in [0, 0.05) is 0 Å². The van der Waals surface area contributed by atoms with Gasteiger partial charge < -0.3 is 5.11 Å². The minimum atomic E-state index is -0.981. The molecule has 0 aromatic heterocycles. The molecule has 0 aliphatic carbocycles. The largest absolute Gasteiger partial charge is 0.478 e. The van der Waals surface area contributed by atoms with Crippen molar-refractivity contribution in [2.75, 3.05) is 0 Å². The van der Waals surface area contributed by atoms with Crippen LogP contribution in [0.25, 0.3) is 0 Å². The Kier molecular flexibility index (Phi) is 3.63. The highest BCUT2D eigenvalue weighted by atomic mass is 16.4. The van der Waals surface area contributed by atoms with E-state index < -0.39 is 11.9 Å². The van der Waals surface area contributed by atoms with Crippen LogP contribution < -0.4 is 0 Å². The second-order valence-corrected chi connectivity index (χ2v) is 4.35. The van der Waals surface area contributed by atoms with Gasteiger partial charge >= 0.3 is 5.97 Å². The molecule has 1 unspecified atom stereocenters. The van der Waals surface area contributed by atoms with Gasteiger partial charge in [0.15, 0.2) is 0 Å². The van der Waals surface area contributed by atoms with Gasteiger partial charge in [0.05, 0.1) is 17.6 Å². The molecule has 0 aliphatic rings. The number of nitrogens with zero attached hydrogens (tertiary/aromatic N) is 1. The molecule has 2 aromatic carbocycles. The van der Waals surface area contributed by atoms with E-state index in [9.17, 15) is 10.1 Å².